The van der Waals surface area contributed by atoms with E-state index >= 15 is 0 Å². The lowest BCUT2D eigenvalue weighted by Crippen LogP contribution is -2.23. The van der Waals surface area contributed by atoms with E-state index in [9.17, 15) is 24.5 Å². The molecule has 184 valence electrons. The van der Waals surface area contributed by atoms with E-state index in [2.05, 4.69) is 10.6 Å². The van der Waals surface area contributed by atoms with Crippen LogP contribution in [0, 0.1) is 17.0 Å². The van der Waals surface area contributed by atoms with Crippen molar-refractivity contribution in [2.45, 2.75) is 32.9 Å². The Bertz CT molecular complexity index is 1490. The molecule has 0 aliphatic heterocycles. The second-order valence-corrected chi connectivity index (χ2v) is 8.33. The summed E-state index contributed by atoms with van der Waals surface area (Å²) >= 11 is 0. The molecule has 36 heavy (non-hydrogen) atoms. The molecular formula is C26H24N4O6. The van der Waals surface area contributed by atoms with E-state index in [-0.39, 0.29) is 42.6 Å². The van der Waals surface area contributed by atoms with Gasteiger partial charge in [0.05, 0.1) is 16.5 Å². The number of nitrogens with zero attached hydrogens (tertiary/aromatic N) is 2. The van der Waals surface area contributed by atoms with Crippen molar-refractivity contribution in [3.05, 3.63) is 104 Å². The minimum atomic E-state index is -0.629. The molecule has 0 fully saturated rings. The van der Waals surface area contributed by atoms with Gasteiger partial charge in [0.15, 0.2) is 5.58 Å². The molecule has 0 spiro atoms. The predicted molar refractivity (Wildman–Crippen MR) is 134 cm³/mol. The summed E-state index contributed by atoms with van der Waals surface area (Å²) < 4.78 is 6.45. The summed E-state index contributed by atoms with van der Waals surface area (Å²) in [5, 5.41) is 16.6. The van der Waals surface area contributed by atoms with Crippen LogP contribution in [-0.2, 0) is 17.9 Å². The van der Waals surface area contributed by atoms with Crippen LogP contribution >= 0.6 is 0 Å². The Kier molecular flexibility index (Phi) is 7.24. The molecule has 4 rings (SSSR count). The molecule has 2 N–H and O–H groups in total. The summed E-state index contributed by atoms with van der Waals surface area (Å²) in [5.74, 6) is -1.04. The zero-order chi connectivity index (χ0) is 25.7. The molecule has 3 aromatic carbocycles. The van der Waals surface area contributed by atoms with Crippen molar-refractivity contribution in [2.75, 3.05) is 5.32 Å². The van der Waals surface area contributed by atoms with Gasteiger partial charge in [-0.15, -0.1) is 0 Å². The van der Waals surface area contributed by atoms with Crippen LogP contribution in [0.25, 0.3) is 11.1 Å². The lowest BCUT2D eigenvalue weighted by molar-refractivity contribution is -0.384. The number of carbonyl (C=O) groups is 2. The molecule has 0 aliphatic rings. The topological polar surface area (TPSA) is 136 Å². The lowest BCUT2D eigenvalue weighted by Gasteiger charge is -2.09. The molecule has 0 saturated heterocycles. The lowest BCUT2D eigenvalue weighted by atomic mass is 10.1. The number of nitrogens with one attached hydrogen (secondary N) is 2. The minimum absolute atomic E-state index is 0.132. The van der Waals surface area contributed by atoms with Gasteiger partial charge < -0.3 is 15.1 Å². The predicted octanol–water partition coefficient (Wildman–Crippen LogP) is 4.16. The van der Waals surface area contributed by atoms with Crippen LogP contribution in [0.5, 0.6) is 0 Å². The zero-order valence-electron chi connectivity index (χ0n) is 19.5. The first-order valence-electron chi connectivity index (χ1n) is 11.3. The Balaban J connectivity index is 1.28. The van der Waals surface area contributed by atoms with Crippen molar-refractivity contribution in [1.82, 2.24) is 9.88 Å². The first-order valence-corrected chi connectivity index (χ1v) is 11.3. The molecule has 10 nitrogen and oxygen atoms in total. The number of fused-ring (bicyclic) bond motifs is 1. The van der Waals surface area contributed by atoms with Gasteiger partial charge in [0.2, 0.25) is 5.91 Å². The van der Waals surface area contributed by atoms with Crippen molar-refractivity contribution in [3.8, 4) is 0 Å². The molecule has 0 aliphatic carbocycles. The summed E-state index contributed by atoms with van der Waals surface area (Å²) in [6, 6.07) is 18.5. The maximum atomic E-state index is 12.4. The van der Waals surface area contributed by atoms with Crippen molar-refractivity contribution < 1.29 is 18.9 Å². The van der Waals surface area contributed by atoms with Gasteiger partial charge in [0.25, 0.3) is 11.6 Å². The molecule has 0 atom stereocenters. The fraction of sp³-hybridized carbons (Fsp3) is 0.192. The van der Waals surface area contributed by atoms with E-state index in [1.165, 1.54) is 22.8 Å². The number of anilines is 1. The fourth-order valence-corrected chi connectivity index (χ4v) is 3.73. The number of aromatic nitrogens is 1. The zero-order valence-corrected chi connectivity index (χ0v) is 19.5. The Labute approximate surface area is 205 Å². The van der Waals surface area contributed by atoms with Gasteiger partial charge in [0, 0.05) is 36.8 Å². The van der Waals surface area contributed by atoms with Gasteiger partial charge in [-0.25, -0.2) is 4.79 Å². The van der Waals surface area contributed by atoms with Gasteiger partial charge in [0.1, 0.15) is 0 Å². The maximum Gasteiger partial charge on any atom is 0.419 e. The van der Waals surface area contributed by atoms with E-state index in [1.807, 2.05) is 25.1 Å². The van der Waals surface area contributed by atoms with Crippen molar-refractivity contribution in [1.29, 1.82) is 0 Å². The average molecular weight is 489 g/mol. The monoisotopic (exact) mass is 488 g/mol. The molecule has 0 saturated carbocycles. The van der Waals surface area contributed by atoms with Gasteiger partial charge in [-0.2, -0.15) is 0 Å². The van der Waals surface area contributed by atoms with Gasteiger partial charge in [-0.1, -0.05) is 29.8 Å². The van der Waals surface area contributed by atoms with Crippen LogP contribution in [-0.4, -0.2) is 21.3 Å². The van der Waals surface area contributed by atoms with Crippen LogP contribution < -0.4 is 16.4 Å². The number of oxazole rings is 1. The SMILES string of the molecule is Cc1ccc(C(=O)Nc2cccc(CNC(=O)CCCn3c(=O)oc4cc([N+](=O)[O-])ccc43)c2)cc1. The number of benzene rings is 3. The van der Waals surface area contributed by atoms with Gasteiger partial charge in [-0.3, -0.25) is 24.3 Å². The highest BCUT2D eigenvalue weighted by Gasteiger charge is 2.14. The van der Waals surface area contributed by atoms with Crippen LogP contribution in [0.1, 0.15) is 34.3 Å². The highest BCUT2D eigenvalue weighted by molar-refractivity contribution is 6.04. The fourth-order valence-electron chi connectivity index (χ4n) is 3.73. The number of carbonyl (C=O) groups excluding carboxylic acids is 2. The van der Waals surface area contributed by atoms with Crippen LogP contribution in [0.3, 0.4) is 0 Å². The standard InChI is InChI=1S/C26H24N4O6/c1-17-7-9-19(10-8-17)25(32)28-20-5-2-4-18(14-20)16-27-24(31)6-3-13-29-22-12-11-21(30(34)35)15-23(22)36-26(29)33/h2,4-5,7-12,14-15H,3,6,13,16H2,1H3,(H,27,31)(H,28,32). The van der Waals surface area contributed by atoms with Crippen molar-refractivity contribution >= 4 is 34.3 Å². The third kappa shape index (κ3) is 5.84. The summed E-state index contributed by atoms with van der Waals surface area (Å²) in [7, 11) is 0. The summed E-state index contributed by atoms with van der Waals surface area (Å²) in [6.07, 6.45) is 0.556. The molecular weight excluding hydrogens is 464 g/mol. The number of aryl methyl sites for hydroxylation is 2. The molecule has 0 radical (unpaired) electrons. The molecule has 4 aromatic rings. The molecule has 2 amide bonds. The van der Waals surface area contributed by atoms with Crippen molar-refractivity contribution in [2.24, 2.45) is 0 Å². The molecule has 1 aromatic heterocycles. The minimum Gasteiger partial charge on any atom is -0.407 e. The largest absolute Gasteiger partial charge is 0.419 e. The number of nitro groups is 1. The number of non-ortho nitro benzene ring substituents is 1. The Morgan fingerprint density at radius 1 is 1.06 bits per heavy atom. The van der Waals surface area contributed by atoms with E-state index in [1.54, 1.807) is 30.3 Å². The molecule has 0 unspecified atom stereocenters. The Morgan fingerprint density at radius 2 is 1.83 bits per heavy atom. The third-order valence-corrected chi connectivity index (χ3v) is 5.64. The first kappa shape index (κ1) is 24.4. The third-order valence-electron chi connectivity index (χ3n) is 5.64. The maximum absolute atomic E-state index is 12.4. The van der Waals surface area contributed by atoms with Crippen molar-refractivity contribution in [3.63, 3.8) is 0 Å². The number of hydrogen-bond donors (Lipinski definition) is 2. The first-order chi connectivity index (χ1) is 17.3. The number of rotatable bonds is 9. The van der Waals surface area contributed by atoms with Crippen LogP contribution in [0.4, 0.5) is 11.4 Å². The van der Waals surface area contributed by atoms with E-state index in [0.717, 1.165) is 11.1 Å². The quantitative estimate of drug-likeness (QED) is 0.268. The second kappa shape index (κ2) is 10.7. The highest BCUT2D eigenvalue weighted by atomic mass is 16.6. The number of nitro benzene ring substituents is 1. The normalized spacial score (nSPS) is 10.8. The van der Waals surface area contributed by atoms with Gasteiger partial charge in [-0.05, 0) is 49.2 Å². The van der Waals surface area contributed by atoms with Crippen LogP contribution in [0.2, 0.25) is 0 Å². The number of hydrogen-bond acceptors (Lipinski definition) is 6. The highest BCUT2D eigenvalue weighted by Crippen LogP contribution is 2.20. The van der Waals surface area contributed by atoms with E-state index < -0.39 is 10.7 Å². The molecule has 0 bridgehead atoms. The number of amides is 2. The summed E-state index contributed by atoms with van der Waals surface area (Å²) in [6.45, 7) is 2.47. The summed E-state index contributed by atoms with van der Waals surface area (Å²) in [5.41, 5.74) is 3.48. The van der Waals surface area contributed by atoms with E-state index in [4.69, 9.17) is 4.42 Å². The van der Waals surface area contributed by atoms with Gasteiger partial charge >= 0.3 is 5.76 Å². The van der Waals surface area contributed by atoms with E-state index in [0.29, 0.717) is 23.2 Å². The average Bonchev–Trinajstić information content (AvgIpc) is 3.17. The molecule has 1 heterocycles. The smallest absolute Gasteiger partial charge is 0.407 e. The molecule has 10 heteroatoms. The Morgan fingerprint density at radius 3 is 2.58 bits per heavy atom. The van der Waals surface area contributed by atoms with Crippen LogP contribution in [0.15, 0.2) is 75.9 Å². The summed E-state index contributed by atoms with van der Waals surface area (Å²) in [4.78, 5) is 47.2. The Hall–Kier alpha value is -4.73. The second-order valence-electron chi connectivity index (χ2n) is 8.33.